The van der Waals surface area contributed by atoms with Crippen molar-refractivity contribution in [1.82, 2.24) is 24.8 Å². The quantitative estimate of drug-likeness (QED) is 0.496. The van der Waals surface area contributed by atoms with Crippen LogP contribution in [0.25, 0.3) is 16.9 Å². The minimum absolute atomic E-state index is 0.0487. The lowest BCUT2D eigenvalue weighted by Crippen LogP contribution is -2.17. The second-order valence-corrected chi connectivity index (χ2v) is 7.98. The average molecular weight is 416 g/mol. The maximum atomic E-state index is 12.7. The van der Waals surface area contributed by atoms with E-state index in [9.17, 15) is 4.79 Å². The third-order valence-corrected chi connectivity index (χ3v) is 5.62. The predicted octanol–water partition coefficient (Wildman–Crippen LogP) is 3.94. The lowest BCUT2D eigenvalue weighted by molar-refractivity contribution is 0.0517. The summed E-state index contributed by atoms with van der Waals surface area (Å²) >= 11 is 0. The number of esters is 1. The summed E-state index contributed by atoms with van der Waals surface area (Å²) in [5, 5.41) is 11.6. The van der Waals surface area contributed by atoms with Crippen LogP contribution in [0.4, 0.5) is 5.82 Å². The molecule has 0 amide bonds. The van der Waals surface area contributed by atoms with E-state index in [0.717, 1.165) is 35.7 Å². The van der Waals surface area contributed by atoms with Gasteiger partial charge in [0.15, 0.2) is 11.3 Å². The lowest BCUT2D eigenvalue weighted by Gasteiger charge is -2.18. The van der Waals surface area contributed by atoms with E-state index in [-0.39, 0.29) is 5.92 Å². The largest absolute Gasteiger partial charge is 0.461 e. The summed E-state index contributed by atoms with van der Waals surface area (Å²) in [4.78, 5) is 19.9. The number of ether oxygens (including phenoxy) is 1. The van der Waals surface area contributed by atoms with E-state index in [2.05, 4.69) is 44.5 Å². The van der Waals surface area contributed by atoms with Crippen LogP contribution in [0.2, 0.25) is 0 Å². The predicted molar refractivity (Wildman–Crippen MR) is 117 cm³/mol. The molecule has 0 fully saturated rings. The van der Waals surface area contributed by atoms with Crippen molar-refractivity contribution in [3.8, 4) is 11.3 Å². The van der Waals surface area contributed by atoms with Gasteiger partial charge in [-0.15, -0.1) is 0 Å². The fourth-order valence-electron chi connectivity index (χ4n) is 4.16. The highest BCUT2D eigenvalue weighted by molar-refractivity contribution is 5.92. The summed E-state index contributed by atoms with van der Waals surface area (Å²) in [7, 11) is 0. The number of H-pyrrole nitrogens is 1. The number of hydrogen-bond donors (Lipinski definition) is 1. The van der Waals surface area contributed by atoms with Crippen LogP contribution in [-0.4, -0.2) is 37.4 Å². The van der Waals surface area contributed by atoms with Crippen molar-refractivity contribution in [2.45, 2.75) is 39.8 Å². The van der Waals surface area contributed by atoms with Crippen molar-refractivity contribution in [2.75, 3.05) is 11.5 Å². The molecular formula is C23H24N6O2. The van der Waals surface area contributed by atoms with Gasteiger partial charge in [-0.25, -0.2) is 14.3 Å². The Hall–Kier alpha value is -3.68. The molecule has 0 aliphatic carbocycles. The van der Waals surface area contributed by atoms with E-state index < -0.39 is 5.97 Å². The number of nitrogens with zero attached hydrogens (tertiary/aromatic N) is 5. The number of aromatic amines is 1. The molecule has 1 aromatic carbocycles. The molecule has 1 aliphatic heterocycles. The van der Waals surface area contributed by atoms with Gasteiger partial charge in [0.1, 0.15) is 5.82 Å². The van der Waals surface area contributed by atoms with Crippen molar-refractivity contribution in [3.63, 3.8) is 0 Å². The summed E-state index contributed by atoms with van der Waals surface area (Å²) in [6.07, 6.45) is 3.57. The van der Waals surface area contributed by atoms with Gasteiger partial charge in [-0.05, 0) is 24.0 Å². The van der Waals surface area contributed by atoms with Gasteiger partial charge in [0, 0.05) is 36.5 Å². The Balaban J connectivity index is 1.71. The van der Waals surface area contributed by atoms with E-state index in [1.165, 1.54) is 11.1 Å². The van der Waals surface area contributed by atoms with Crippen LogP contribution in [0.3, 0.4) is 0 Å². The Morgan fingerprint density at radius 3 is 2.58 bits per heavy atom. The molecule has 0 bridgehead atoms. The number of hydrogen-bond acceptors (Lipinski definition) is 6. The molecule has 5 rings (SSSR count). The Kier molecular flexibility index (Phi) is 4.69. The molecule has 0 radical (unpaired) electrons. The Morgan fingerprint density at radius 1 is 1.23 bits per heavy atom. The topological polar surface area (TPSA) is 88.4 Å². The Morgan fingerprint density at radius 2 is 1.97 bits per heavy atom. The number of aromatic nitrogens is 5. The molecule has 0 atom stereocenters. The number of fused-ring (bicyclic) bond motifs is 2. The first-order chi connectivity index (χ1) is 15.1. The maximum absolute atomic E-state index is 12.7. The van der Waals surface area contributed by atoms with Gasteiger partial charge in [-0.1, -0.05) is 38.1 Å². The summed E-state index contributed by atoms with van der Waals surface area (Å²) in [5.74, 6) is 0.467. The van der Waals surface area contributed by atoms with Crippen molar-refractivity contribution in [1.29, 1.82) is 0 Å². The molecule has 0 spiro atoms. The Labute approximate surface area is 179 Å². The van der Waals surface area contributed by atoms with Gasteiger partial charge in [0.05, 0.1) is 18.5 Å². The molecule has 8 heteroatoms. The van der Waals surface area contributed by atoms with Crippen LogP contribution >= 0.6 is 0 Å². The van der Waals surface area contributed by atoms with E-state index >= 15 is 0 Å². The van der Waals surface area contributed by atoms with Crippen molar-refractivity contribution < 1.29 is 9.53 Å². The highest BCUT2D eigenvalue weighted by Crippen LogP contribution is 2.33. The smallest absolute Gasteiger partial charge is 0.359 e. The van der Waals surface area contributed by atoms with Crippen LogP contribution in [-0.2, 0) is 17.8 Å². The highest BCUT2D eigenvalue weighted by Gasteiger charge is 2.28. The van der Waals surface area contributed by atoms with Crippen molar-refractivity contribution >= 4 is 17.4 Å². The first kappa shape index (κ1) is 19.3. The van der Waals surface area contributed by atoms with Gasteiger partial charge in [0.25, 0.3) is 0 Å². The third kappa shape index (κ3) is 3.24. The Bertz CT molecular complexity index is 1230. The molecule has 0 unspecified atom stereocenters. The minimum Gasteiger partial charge on any atom is -0.461 e. The molecular weight excluding hydrogens is 392 g/mol. The number of nitrogens with one attached hydrogen (secondary N) is 1. The van der Waals surface area contributed by atoms with E-state index in [1.807, 2.05) is 26.1 Å². The molecule has 4 aromatic rings. The van der Waals surface area contributed by atoms with Gasteiger partial charge >= 0.3 is 5.97 Å². The SMILES string of the molecule is CCOC(=O)c1nn2c(-c3cn[nH]c3)cc(N3Cc4ccccc4C3)nc2c1C(C)C. The second-order valence-electron chi connectivity index (χ2n) is 7.98. The van der Waals surface area contributed by atoms with E-state index in [4.69, 9.17) is 9.72 Å². The zero-order valence-corrected chi connectivity index (χ0v) is 17.8. The molecule has 1 N–H and O–H groups in total. The first-order valence-corrected chi connectivity index (χ1v) is 10.5. The fraction of sp³-hybridized carbons (Fsp3) is 0.304. The van der Waals surface area contributed by atoms with Crippen LogP contribution in [0.5, 0.6) is 0 Å². The number of carbonyl (C=O) groups excluding carboxylic acids is 1. The standard InChI is InChI=1S/C23H24N6O2/c1-4-31-23(30)21-20(14(2)3)22-26-19(28-12-15-7-5-6-8-16(15)13-28)9-18(29(22)27-21)17-10-24-25-11-17/h5-11,14H,4,12-13H2,1-3H3,(H,24,25). The normalized spacial score (nSPS) is 13.2. The van der Waals surface area contributed by atoms with Crippen molar-refractivity contribution in [3.05, 3.63) is 65.1 Å². The fourth-order valence-corrected chi connectivity index (χ4v) is 4.16. The lowest BCUT2D eigenvalue weighted by atomic mass is 10.0. The number of carbonyl (C=O) groups is 1. The molecule has 0 saturated heterocycles. The average Bonchev–Trinajstić information content (AvgIpc) is 3.50. The molecule has 1 aliphatic rings. The molecule has 158 valence electrons. The number of rotatable bonds is 5. The van der Waals surface area contributed by atoms with E-state index in [1.54, 1.807) is 17.6 Å². The highest BCUT2D eigenvalue weighted by atomic mass is 16.5. The minimum atomic E-state index is -0.426. The van der Waals surface area contributed by atoms with E-state index in [0.29, 0.717) is 17.9 Å². The van der Waals surface area contributed by atoms with Crippen LogP contribution in [0.15, 0.2) is 42.7 Å². The number of anilines is 1. The molecule has 3 aromatic heterocycles. The molecule has 0 saturated carbocycles. The summed E-state index contributed by atoms with van der Waals surface area (Å²) in [6, 6.07) is 10.4. The summed E-state index contributed by atoms with van der Waals surface area (Å²) in [5.41, 5.74) is 6.08. The molecule has 31 heavy (non-hydrogen) atoms. The monoisotopic (exact) mass is 416 g/mol. The van der Waals surface area contributed by atoms with Crippen molar-refractivity contribution in [2.24, 2.45) is 0 Å². The van der Waals surface area contributed by atoms with Crippen LogP contribution in [0, 0.1) is 0 Å². The summed E-state index contributed by atoms with van der Waals surface area (Å²) < 4.78 is 7.02. The van der Waals surface area contributed by atoms with Gasteiger partial charge in [0.2, 0.25) is 0 Å². The zero-order valence-electron chi connectivity index (χ0n) is 17.8. The second kappa shape index (κ2) is 7.54. The van der Waals surface area contributed by atoms with Crippen LogP contribution < -0.4 is 4.90 Å². The molecule has 4 heterocycles. The van der Waals surface area contributed by atoms with Gasteiger partial charge < -0.3 is 9.64 Å². The van der Waals surface area contributed by atoms with Crippen LogP contribution in [0.1, 0.15) is 53.9 Å². The summed E-state index contributed by atoms with van der Waals surface area (Å²) in [6.45, 7) is 7.75. The first-order valence-electron chi connectivity index (χ1n) is 10.5. The molecule has 8 nitrogen and oxygen atoms in total. The zero-order chi connectivity index (χ0) is 21.5. The van der Waals surface area contributed by atoms with Gasteiger partial charge in [-0.2, -0.15) is 10.2 Å². The third-order valence-electron chi connectivity index (χ3n) is 5.62. The number of benzene rings is 1. The van der Waals surface area contributed by atoms with Gasteiger partial charge in [-0.3, -0.25) is 5.10 Å². The maximum Gasteiger partial charge on any atom is 0.359 e.